The van der Waals surface area contributed by atoms with Gasteiger partial charge in [-0.05, 0) is 17.7 Å². The third-order valence-corrected chi connectivity index (χ3v) is 3.57. The molecule has 1 fully saturated rings. The van der Waals surface area contributed by atoms with Crippen molar-refractivity contribution in [3.63, 3.8) is 0 Å². The second-order valence-electron chi connectivity index (χ2n) is 4.65. The van der Waals surface area contributed by atoms with Gasteiger partial charge in [0.2, 0.25) is 5.91 Å². The fourth-order valence-electron chi connectivity index (χ4n) is 2.33. The van der Waals surface area contributed by atoms with Gasteiger partial charge in [-0.1, -0.05) is 23.7 Å². The lowest BCUT2D eigenvalue weighted by Crippen LogP contribution is -2.52. The Balaban J connectivity index is 2.35. The number of benzene rings is 1. The number of hydrogen-bond acceptors (Lipinski definition) is 4. The number of amides is 1. The van der Waals surface area contributed by atoms with Crippen molar-refractivity contribution >= 4 is 23.5 Å². The van der Waals surface area contributed by atoms with E-state index in [1.807, 2.05) is 0 Å². The Bertz CT molecular complexity index is 519. The van der Waals surface area contributed by atoms with Crippen LogP contribution in [-0.2, 0) is 19.1 Å². The van der Waals surface area contributed by atoms with Crippen LogP contribution in [0.3, 0.4) is 0 Å². The summed E-state index contributed by atoms with van der Waals surface area (Å²) in [6.07, 6.45) is -1.11. The first kappa shape index (κ1) is 15.8. The van der Waals surface area contributed by atoms with E-state index in [4.69, 9.17) is 21.1 Å². The summed E-state index contributed by atoms with van der Waals surface area (Å²) < 4.78 is 10.2. The molecule has 0 spiro atoms. The van der Waals surface area contributed by atoms with Crippen molar-refractivity contribution in [1.29, 1.82) is 0 Å². The van der Waals surface area contributed by atoms with Crippen LogP contribution in [0.25, 0.3) is 0 Å². The number of ether oxygens (including phenoxy) is 2. The molecule has 1 amide bonds. The van der Waals surface area contributed by atoms with Gasteiger partial charge in [0.25, 0.3) is 0 Å². The van der Waals surface area contributed by atoms with Gasteiger partial charge in [-0.25, -0.2) is 4.79 Å². The van der Waals surface area contributed by atoms with Crippen molar-refractivity contribution in [2.75, 3.05) is 26.9 Å². The average molecular weight is 314 g/mol. The van der Waals surface area contributed by atoms with Crippen LogP contribution >= 0.6 is 11.6 Å². The summed E-state index contributed by atoms with van der Waals surface area (Å²) in [6, 6.07) is 6.01. The highest BCUT2D eigenvalue weighted by atomic mass is 35.5. The normalized spacial score (nSPS) is 22.4. The van der Waals surface area contributed by atoms with E-state index in [1.165, 1.54) is 12.0 Å². The van der Waals surface area contributed by atoms with Gasteiger partial charge in [0.1, 0.15) is 6.61 Å². The summed E-state index contributed by atoms with van der Waals surface area (Å²) in [7, 11) is 1.52. The summed E-state index contributed by atoms with van der Waals surface area (Å²) in [5, 5.41) is 9.87. The number of aliphatic carboxylic acids is 1. The van der Waals surface area contributed by atoms with Crippen LogP contribution in [0.15, 0.2) is 24.3 Å². The van der Waals surface area contributed by atoms with Crippen molar-refractivity contribution in [2.45, 2.75) is 12.1 Å². The maximum atomic E-state index is 12.0. The van der Waals surface area contributed by atoms with Crippen LogP contribution in [0, 0.1) is 0 Å². The van der Waals surface area contributed by atoms with Gasteiger partial charge in [0, 0.05) is 18.7 Å². The largest absolute Gasteiger partial charge is 0.479 e. The molecule has 2 rings (SSSR count). The summed E-state index contributed by atoms with van der Waals surface area (Å²) in [5.41, 5.74) is 0.663. The smallest absolute Gasteiger partial charge is 0.335 e. The number of nitrogens with zero attached hydrogens (tertiary/aromatic N) is 1. The van der Waals surface area contributed by atoms with Gasteiger partial charge in [-0.3, -0.25) is 4.79 Å². The van der Waals surface area contributed by atoms with Crippen LogP contribution in [0.5, 0.6) is 0 Å². The van der Waals surface area contributed by atoms with Gasteiger partial charge in [-0.15, -0.1) is 0 Å². The molecule has 1 aromatic carbocycles. The number of hydrogen-bond donors (Lipinski definition) is 1. The van der Waals surface area contributed by atoms with Crippen molar-refractivity contribution < 1.29 is 24.2 Å². The van der Waals surface area contributed by atoms with Crippen LogP contribution in [0.2, 0.25) is 5.02 Å². The molecule has 0 aromatic heterocycles. The molecule has 114 valence electrons. The molecule has 6 nitrogen and oxygen atoms in total. The summed E-state index contributed by atoms with van der Waals surface area (Å²) in [4.78, 5) is 24.9. The number of carboxylic acids is 1. The molecule has 1 saturated heterocycles. The van der Waals surface area contributed by atoms with E-state index in [2.05, 4.69) is 0 Å². The van der Waals surface area contributed by atoms with Crippen molar-refractivity contribution in [1.82, 2.24) is 4.90 Å². The van der Waals surface area contributed by atoms with Gasteiger partial charge >= 0.3 is 5.97 Å². The standard InChI is InChI=1S/C14H16ClNO5/c1-20-7-6-16-11(17)8-21-13(14(18)19)12(16)9-2-4-10(15)5-3-9/h2-5,12-13H,6-8H2,1H3,(H,18,19). The lowest BCUT2D eigenvalue weighted by Gasteiger charge is -2.39. The van der Waals surface area contributed by atoms with E-state index < -0.39 is 18.1 Å². The molecule has 0 aliphatic carbocycles. The van der Waals surface area contributed by atoms with Crippen LogP contribution < -0.4 is 0 Å². The summed E-state index contributed by atoms with van der Waals surface area (Å²) in [6.45, 7) is 0.378. The highest BCUT2D eigenvalue weighted by Crippen LogP contribution is 2.31. The Morgan fingerprint density at radius 2 is 2.14 bits per heavy atom. The molecule has 7 heteroatoms. The SMILES string of the molecule is COCCN1C(=O)COC(C(=O)O)C1c1ccc(Cl)cc1. The van der Waals surface area contributed by atoms with E-state index in [9.17, 15) is 14.7 Å². The molecule has 1 aromatic rings. The molecule has 0 saturated carbocycles. The molecular weight excluding hydrogens is 298 g/mol. The second-order valence-corrected chi connectivity index (χ2v) is 5.08. The molecule has 0 bridgehead atoms. The number of rotatable bonds is 5. The lowest BCUT2D eigenvalue weighted by atomic mass is 9.98. The van der Waals surface area contributed by atoms with Gasteiger partial charge in [-0.2, -0.15) is 0 Å². The molecule has 21 heavy (non-hydrogen) atoms. The molecule has 1 N–H and O–H groups in total. The van der Waals surface area contributed by atoms with E-state index in [1.54, 1.807) is 24.3 Å². The topological polar surface area (TPSA) is 76.1 Å². The molecule has 2 atom stereocenters. The van der Waals surface area contributed by atoms with Crippen molar-refractivity contribution in [2.24, 2.45) is 0 Å². The Kier molecular flexibility index (Phi) is 5.17. The number of morpholine rings is 1. The number of carboxylic acid groups (broad SMARTS) is 1. The number of carbonyl (C=O) groups excluding carboxylic acids is 1. The van der Waals surface area contributed by atoms with Crippen LogP contribution in [-0.4, -0.2) is 54.9 Å². The van der Waals surface area contributed by atoms with E-state index in [0.29, 0.717) is 23.7 Å². The minimum Gasteiger partial charge on any atom is -0.479 e. The Morgan fingerprint density at radius 3 is 2.71 bits per heavy atom. The predicted octanol–water partition coefficient (Wildman–Crippen LogP) is 1.34. The molecule has 1 heterocycles. The van der Waals surface area contributed by atoms with Crippen LogP contribution in [0.1, 0.15) is 11.6 Å². The third kappa shape index (κ3) is 3.53. The average Bonchev–Trinajstić information content (AvgIpc) is 2.46. The Morgan fingerprint density at radius 1 is 1.48 bits per heavy atom. The highest BCUT2D eigenvalue weighted by Gasteiger charge is 2.41. The number of halogens is 1. The van der Waals surface area contributed by atoms with Crippen LogP contribution in [0.4, 0.5) is 0 Å². The molecule has 1 aliphatic rings. The Labute approximate surface area is 127 Å². The molecule has 0 radical (unpaired) electrons. The maximum Gasteiger partial charge on any atom is 0.335 e. The third-order valence-electron chi connectivity index (χ3n) is 3.32. The van der Waals surface area contributed by atoms with Gasteiger partial charge < -0.3 is 19.5 Å². The first-order valence-electron chi connectivity index (χ1n) is 6.43. The minimum absolute atomic E-state index is 0.245. The minimum atomic E-state index is -1.11. The first-order valence-corrected chi connectivity index (χ1v) is 6.80. The maximum absolute atomic E-state index is 12.0. The highest BCUT2D eigenvalue weighted by molar-refractivity contribution is 6.30. The predicted molar refractivity (Wildman–Crippen MR) is 75.2 cm³/mol. The second kappa shape index (κ2) is 6.89. The van der Waals surface area contributed by atoms with Crippen molar-refractivity contribution in [3.05, 3.63) is 34.9 Å². The number of carbonyl (C=O) groups is 2. The van der Waals surface area contributed by atoms with Gasteiger partial charge in [0.15, 0.2) is 6.10 Å². The summed E-state index contributed by atoms with van der Waals surface area (Å²) >= 11 is 5.85. The summed E-state index contributed by atoms with van der Waals surface area (Å²) in [5.74, 6) is -1.37. The quantitative estimate of drug-likeness (QED) is 0.887. The zero-order valence-electron chi connectivity index (χ0n) is 11.5. The fraction of sp³-hybridized carbons (Fsp3) is 0.429. The fourth-order valence-corrected chi connectivity index (χ4v) is 2.45. The van der Waals surface area contributed by atoms with E-state index in [-0.39, 0.29) is 12.5 Å². The molecule has 2 unspecified atom stereocenters. The van der Waals surface area contributed by atoms with E-state index >= 15 is 0 Å². The lowest BCUT2D eigenvalue weighted by molar-refractivity contribution is -0.173. The van der Waals surface area contributed by atoms with Gasteiger partial charge in [0.05, 0.1) is 12.6 Å². The Hall–Kier alpha value is -1.63. The van der Waals surface area contributed by atoms with Crippen molar-refractivity contribution in [3.8, 4) is 0 Å². The van der Waals surface area contributed by atoms with E-state index in [0.717, 1.165) is 0 Å². The molecular formula is C14H16ClNO5. The number of methoxy groups -OCH3 is 1. The zero-order chi connectivity index (χ0) is 15.4. The monoisotopic (exact) mass is 313 g/mol. The zero-order valence-corrected chi connectivity index (χ0v) is 12.2. The first-order chi connectivity index (χ1) is 10.0. The molecule has 1 aliphatic heterocycles.